The molecular formula is C10H16BrNOS2. The first-order valence-corrected chi connectivity index (χ1v) is 7.54. The second-order valence-electron chi connectivity index (χ2n) is 3.37. The van der Waals surface area contributed by atoms with Gasteiger partial charge in [0, 0.05) is 17.5 Å². The molecule has 0 aliphatic carbocycles. The number of hydrogen-bond acceptors (Lipinski definition) is 4. The van der Waals surface area contributed by atoms with Crippen molar-refractivity contribution in [2.45, 2.75) is 24.6 Å². The van der Waals surface area contributed by atoms with E-state index >= 15 is 0 Å². The molecule has 3 N–H and O–H groups in total. The predicted molar refractivity (Wildman–Crippen MR) is 72.6 cm³/mol. The Hall–Kier alpha value is 0.450. The van der Waals surface area contributed by atoms with Crippen molar-refractivity contribution in [3.05, 3.63) is 20.8 Å². The summed E-state index contributed by atoms with van der Waals surface area (Å²) in [6.45, 7) is 2.29. The Morgan fingerprint density at radius 2 is 2.33 bits per heavy atom. The number of hydrogen-bond donors (Lipinski definition) is 2. The number of thioether (sulfide) groups is 1. The summed E-state index contributed by atoms with van der Waals surface area (Å²) in [7, 11) is 0. The van der Waals surface area contributed by atoms with E-state index in [1.807, 2.05) is 18.7 Å². The molecule has 0 spiro atoms. The van der Waals surface area contributed by atoms with Crippen LogP contribution in [0.15, 0.2) is 15.9 Å². The third-order valence-electron chi connectivity index (χ3n) is 1.95. The number of halogens is 1. The average Bonchev–Trinajstić information content (AvgIpc) is 2.59. The van der Waals surface area contributed by atoms with Crippen molar-refractivity contribution in [2.24, 2.45) is 5.73 Å². The van der Waals surface area contributed by atoms with Crippen LogP contribution in [-0.2, 0) is 0 Å². The lowest BCUT2D eigenvalue weighted by molar-refractivity contribution is 0.296. The van der Waals surface area contributed by atoms with Gasteiger partial charge in [-0.15, -0.1) is 11.3 Å². The van der Waals surface area contributed by atoms with Crippen molar-refractivity contribution in [1.29, 1.82) is 0 Å². The normalized spacial score (nSPS) is 15.2. The van der Waals surface area contributed by atoms with Gasteiger partial charge in [0.25, 0.3) is 0 Å². The van der Waals surface area contributed by atoms with Gasteiger partial charge in [0.2, 0.25) is 0 Å². The average molecular weight is 310 g/mol. The van der Waals surface area contributed by atoms with E-state index in [9.17, 15) is 0 Å². The molecule has 15 heavy (non-hydrogen) atoms. The molecule has 0 amide bonds. The van der Waals surface area contributed by atoms with Gasteiger partial charge >= 0.3 is 0 Å². The fourth-order valence-electron chi connectivity index (χ4n) is 1.25. The third-order valence-corrected chi connectivity index (χ3v) is 5.37. The molecule has 2 nitrogen and oxygen atoms in total. The van der Waals surface area contributed by atoms with Gasteiger partial charge in [-0.05, 0) is 47.2 Å². The molecule has 1 heterocycles. The summed E-state index contributed by atoms with van der Waals surface area (Å²) in [5.74, 6) is 0.957. The van der Waals surface area contributed by atoms with Crippen LogP contribution in [0.2, 0.25) is 0 Å². The van der Waals surface area contributed by atoms with E-state index in [1.165, 1.54) is 4.88 Å². The predicted octanol–water partition coefficient (Wildman–Crippen LogP) is 3.01. The molecule has 0 saturated carbocycles. The van der Waals surface area contributed by atoms with E-state index in [0.29, 0.717) is 5.25 Å². The first-order chi connectivity index (χ1) is 7.15. The molecule has 1 aromatic heterocycles. The van der Waals surface area contributed by atoms with Crippen LogP contribution in [0.4, 0.5) is 0 Å². The maximum atomic E-state index is 8.74. The van der Waals surface area contributed by atoms with Gasteiger partial charge in [0.05, 0.1) is 9.04 Å². The second-order valence-corrected chi connectivity index (χ2v) is 7.11. The Morgan fingerprint density at radius 3 is 2.80 bits per heavy atom. The van der Waals surface area contributed by atoms with Gasteiger partial charge in [-0.25, -0.2) is 0 Å². The van der Waals surface area contributed by atoms with Crippen LogP contribution in [0.5, 0.6) is 0 Å². The van der Waals surface area contributed by atoms with Crippen molar-refractivity contribution >= 4 is 39.0 Å². The van der Waals surface area contributed by atoms with Gasteiger partial charge in [-0.3, -0.25) is 0 Å². The highest BCUT2D eigenvalue weighted by Gasteiger charge is 2.18. The first kappa shape index (κ1) is 13.5. The van der Waals surface area contributed by atoms with Crippen molar-refractivity contribution < 1.29 is 5.11 Å². The molecule has 86 valence electrons. The summed E-state index contributed by atoms with van der Waals surface area (Å²) in [5.41, 5.74) is 5.97. The molecule has 0 radical (unpaired) electrons. The van der Waals surface area contributed by atoms with E-state index in [-0.39, 0.29) is 12.6 Å². The number of thiophene rings is 1. The highest BCUT2D eigenvalue weighted by molar-refractivity contribution is 9.11. The highest BCUT2D eigenvalue weighted by atomic mass is 79.9. The summed E-state index contributed by atoms with van der Waals surface area (Å²) in [6.07, 6.45) is 0.834. The van der Waals surface area contributed by atoms with E-state index in [4.69, 9.17) is 10.8 Å². The lowest BCUT2D eigenvalue weighted by Crippen LogP contribution is -2.22. The minimum absolute atomic E-state index is 0.138. The fraction of sp³-hybridized carbons (Fsp3) is 0.600. The molecular weight excluding hydrogens is 294 g/mol. The minimum atomic E-state index is 0.138. The molecule has 1 aromatic rings. The number of aliphatic hydroxyl groups excluding tert-OH is 1. The monoisotopic (exact) mass is 309 g/mol. The van der Waals surface area contributed by atoms with Crippen molar-refractivity contribution in [3.63, 3.8) is 0 Å². The Morgan fingerprint density at radius 1 is 1.60 bits per heavy atom. The summed E-state index contributed by atoms with van der Waals surface area (Å²) < 4.78 is 1.14. The Labute approximate surface area is 107 Å². The number of nitrogens with two attached hydrogens (primary N) is 1. The Balaban J connectivity index is 2.58. The van der Waals surface area contributed by atoms with Crippen LogP contribution >= 0.6 is 39.0 Å². The standard InChI is InChI=1S/C10H16BrNOS2/c1-7(12)10(14-6-2-5-13)8-3-4-9(11)15-8/h3-4,7,10,13H,2,5-6,12H2,1H3. The van der Waals surface area contributed by atoms with E-state index in [0.717, 1.165) is 16.0 Å². The summed E-state index contributed by atoms with van der Waals surface area (Å²) in [6, 6.07) is 4.32. The van der Waals surface area contributed by atoms with Crippen molar-refractivity contribution in [1.82, 2.24) is 0 Å². The molecule has 0 aliphatic heterocycles. The van der Waals surface area contributed by atoms with Crippen LogP contribution in [-0.4, -0.2) is 23.5 Å². The van der Waals surface area contributed by atoms with Crippen LogP contribution in [0.25, 0.3) is 0 Å². The van der Waals surface area contributed by atoms with Crippen LogP contribution in [0, 0.1) is 0 Å². The zero-order valence-electron chi connectivity index (χ0n) is 8.65. The van der Waals surface area contributed by atoms with Crippen molar-refractivity contribution in [3.8, 4) is 0 Å². The molecule has 0 bridgehead atoms. The number of rotatable bonds is 6. The smallest absolute Gasteiger partial charge is 0.0701 e. The van der Waals surface area contributed by atoms with E-state index < -0.39 is 0 Å². The Bertz CT molecular complexity index is 291. The zero-order valence-corrected chi connectivity index (χ0v) is 11.9. The molecule has 0 aliphatic rings. The SMILES string of the molecule is CC(N)C(SCCCO)c1ccc(Br)s1. The largest absolute Gasteiger partial charge is 0.396 e. The lowest BCUT2D eigenvalue weighted by atomic mass is 10.2. The van der Waals surface area contributed by atoms with E-state index in [2.05, 4.69) is 28.1 Å². The van der Waals surface area contributed by atoms with E-state index in [1.54, 1.807) is 11.3 Å². The quantitative estimate of drug-likeness (QED) is 0.794. The fourth-order valence-corrected chi connectivity index (χ4v) is 4.21. The zero-order chi connectivity index (χ0) is 11.3. The maximum Gasteiger partial charge on any atom is 0.0701 e. The molecule has 2 atom stereocenters. The van der Waals surface area contributed by atoms with Gasteiger partial charge in [0.1, 0.15) is 0 Å². The van der Waals surface area contributed by atoms with Crippen LogP contribution in [0.1, 0.15) is 23.5 Å². The third kappa shape index (κ3) is 4.44. The molecule has 2 unspecified atom stereocenters. The van der Waals surface area contributed by atoms with Gasteiger partial charge in [0.15, 0.2) is 0 Å². The molecule has 1 rings (SSSR count). The topological polar surface area (TPSA) is 46.2 Å². The van der Waals surface area contributed by atoms with Crippen LogP contribution < -0.4 is 5.73 Å². The van der Waals surface area contributed by atoms with Gasteiger partial charge < -0.3 is 10.8 Å². The summed E-state index contributed by atoms with van der Waals surface area (Å²) in [5, 5.41) is 9.08. The molecule has 0 aromatic carbocycles. The highest BCUT2D eigenvalue weighted by Crippen LogP contribution is 2.37. The molecule has 0 fully saturated rings. The maximum absolute atomic E-state index is 8.74. The van der Waals surface area contributed by atoms with Gasteiger partial charge in [-0.2, -0.15) is 11.8 Å². The molecule has 5 heteroatoms. The second kappa shape index (κ2) is 6.91. The lowest BCUT2D eigenvalue weighted by Gasteiger charge is -2.18. The summed E-state index contributed by atoms with van der Waals surface area (Å²) in [4.78, 5) is 1.31. The first-order valence-electron chi connectivity index (χ1n) is 4.88. The molecule has 0 saturated heterocycles. The number of aliphatic hydroxyl groups is 1. The van der Waals surface area contributed by atoms with Crippen molar-refractivity contribution in [2.75, 3.05) is 12.4 Å². The summed E-state index contributed by atoms with van der Waals surface area (Å²) >= 11 is 7.02. The van der Waals surface area contributed by atoms with Gasteiger partial charge in [-0.1, -0.05) is 0 Å². The minimum Gasteiger partial charge on any atom is -0.396 e. The Kier molecular flexibility index (Phi) is 6.23. The van der Waals surface area contributed by atoms with Crippen LogP contribution in [0.3, 0.4) is 0 Å².